The van der Waals surface area contributed by atoms with Crippen molar-refractivity contribution in [2.45, 2.75) is 109 Å². The van der Waals surface area contributed by atoms with Crippen molar-refractivity contribution in [3.8, 4) is 0 Å². The second-order valence-corrected chi connectivity index (χ2v) is 13.0. The summed E-state index contributed by atoms with van der Waals surface area (Å²) in [6.07, 6.45) is 4.62. The molecule has 0 aromatic carbocycles. The van der Waals surface area contributed by atoms with E-state index in [0.29, 0.717) is 32.1 Å². The average Bonchev–Trinajstić information content (AvgIpc) is 3.05. The molecule has 0 heterocycles. The van der Waals surface area contributed by atoms with Crippen molar-refractivity contribution < 1.29 is 30.3 Å². The SMILES string of the molecule is C[C@H](CC[C@@H](O)C(C)(C)O)[C@H]1C[C@@H](O)[C@H]2[C@@H]3C(=O)C[C@H]4C[C@@H](O)CC[C@]4(C)[C@H]3CC[C@@]21CO. The summed E-state index contributed by atoms with van der Waals surface area (Å²) in [5.41, 5.74) is -1.61. The molecule has 0 spiro atoms. The van der Waals surface area contributed by atoms with Gasteiger partial charge in [0, 0.05) is 30.3 Å². The molecular weight excluding hydrogens is 420 g/mol. The third kappa shape index (κ3) is 4.12. The molecule has 11 atom stereocenters. The Morgan fingerprint density at radius 1 is 1.12 bits per heavy atom. The van der Waals surface area contributed by atoms with Crippen molar-refractivity contribution in [1.82, 2.24) is 0 Å². The smallest absolute Gasteiger partial charge is 0.136 e. The van der Waals surface area contributed by atoms with Gasteiger partial charge in [0.05, 0.1) is 23.9 Å². The summed E-state index contributed by atoms with van der Waals surface area (Å²) in [4.78, 5) is 13.5. The first kappa shape index (κ1) is 25.6. The lowest BCUT2D eigenvalue weighted by Crippen LogP contribution is -2.60. The van der Waals surface area contributed by atoms with Crippen LogP contribution in [0.25, 0.3) is 0 Å². The molecule has 4 fully saturated rings. The first-order chi connectivity index (χ1) is 15.3. The highest BCUT2D eigenvalue weighted by atomic mass is 16.3. The third-order valence-electron chi connectivity index (χ3n) is 10.9. The number of fused-ring (bicyclic) bond motifs is 5. The molecule has 6 nitrogen and oxygen atoms in total. The maximum atomic E-state index is 13.5. The summed E-state index contributed by atoms with van der Waals surface area (Å²) < 4.78 is 0. The molecule has 4 rings (SSSR count). The summed E-state index contributed by atoms with van der Waals surface area (Å²) in [7, 11) is 0. The zero-order valence-corrected chi connectivity index (χ0v) is 20.9. The van der Waals surface area contributed by atoms with Crippen LogP contribution in [0.3, 0.4) is 0 Å². The van der Waals surface area contributed by atoms with E-state index in [1.54, 1.807) is 13.8 Å². The normalized spacial score (nSPS) is 47.4. The molecule has 33 heavy (non-hydrogen) atoms. The van der Waals surface area contributed by atoms with Crippen molar-refractivity contribution in [2.75, 3.05) is 6.61 Å². The number of ketones is 1. The summed E-state index contributed by atoms with van der Waals surface area (Å²) in [5, 5.41) is 52.7. The van der Waals surface area contributed by atoms with E-state index in [2.05, 4.69) is 13.8 Å². The van der Waals surface area contributed by atoms with E-state index in [9.17, 15) is 30.3 Å². The fourth-order valence-corrected chi connectivity index (χ4v) is 8.90. The highest BCUT2D eigenvalue weighted by molar-refractivity contribution is 5.83. The van der Waals surface area contributed by atoms with Gasteiger partial charge in [-0.3, -0.25) is 4.79 Å². The molecule has 0 aromatic rings. The summed E-state index contributed by atoms with van der Waals surface area (Å²) >= 11 is 0. The Morgan fingerprint density at radius 2 is 1.82 bits per heavy atom. The highest BCUT2D eigenvalue weighted by Crippen LogP contribution is 2.67. The van der Waals surface area contributed by atoms with Crippen LogP contribution < -0.4 is 0 Å². The summed E-state index contributed by atoms with van der Waals surface area (Å²) in [6, 6.07) is 0. The summed E-state index contributed by atoms with van der Waals surface area (Å²) in [5.74, 6) is 0.474. The van der Waals surface area contributed by atoms with Crippen LogP contribution in [-0.2, 0) is 4.79 Å². The monoisotopic (exact) mass is 466 g/mol. The molecule has 4 aliphatic carbocycles. The van der Waals surface area contributed by atoms with Gasteiger partial charge >= 0.3 is 0 Å². The Hall–Kier alpha value is -0.530. The molecule has 0 aliphatic heterocycles. The van der Waals surface area contributed by atoms with E-state index < -0.39 is 23.2 Å². The number of rotatable bonds is 6. The molecule has 0 bridgehead atoms. The van der Waals surface area contributed by atoms with Crippen molar-refractivity contribution in [1.29, 1.82) is 0 Å². The van der Waals surface area contributed by atoms with Gasteiger partial charge in [-0.1, -0.05) is 13.8 Å². The largest absolute Gasteiger partial charge is 0.396 e. The third-order valence-corrected chi connectivity index (χ3v) is 10.9. The number of hydrogen-bond donors (Lipinski definition) is 5. The first-order valence-electron chi connectivity index (χ1n) is 13.2. The number of carbonyl (C=O) groups excluding carboxylic acids is 1. The van der Waals surface area contributed by atoms with Crippen molar-refractivity contribution in [3.05, 3.63) is 0 Å². The molecule has 6 heteroatoms. The van der Waals surface area contributed by atoms with Crippen LogP contribution in [-0.4, -0.2) is 61.8 Å². The Balaban J connectivity index is 1.58. The minimum atomic E-state index is -1.15. The Morgan fingerprint density at radius 3 is 2.45 bits per heavy atom. The first-order valence-corrected chi connectivity index (χ1v) is 13.2. The molecular formula is C27H46O6. The molecule has 0 unspecified atom stereocenters. The second kappa shape index (κ2) is 8.85. The Labute approximate surface area is 198 Å². The molecule has 0 radical (unpaired) electrons. The van der Waals surface area contributed by atoms with Crippen molar-refractivity contribution in [3.63, 3.8) is 0 Å². The number of carbonyl (C=O) groups is 1. The topological polar surface area (TPSA) is 118 Å². The number of aliphatic hydroxyl groups excluding tert-OH is 4. The van der Waals surface area contributed by atoms with Crippen LogP contribution in [0.1, 0.15) is 85.5 Å². The van der Waals surface area contributed by atoms with Crippen LogP contribution in [0, 0.1) is 46.3 Å². The second-order valence-electron chi connectivity index (χ2n) is 13.0. The molecule has 4 aliphatic rings. The average molecular weight is 467 g/mol. The van der Waals surface area contributed by atoms with E-state index in [1.165, 1.54) is 0 Å². The molecule has 0 aromatic heterocycles. The molecule has 5 N–H and O–H groups in total. The lowest BCUT2D eigenvalue weighted by Gasteiger charge is -2.60. The fourth-order valence-electron chi connectivity index (χ4n) is 8.90. The number of hydrogen-bond acceptors (Lipinski definition) is 6. The molecule has 0 amide bonds. The van der Waals surface area contributed by atoms with Crippen LogP contribution in [0.4, 0.5) is 0 Å². The van der Waals surface area contributed by atoms with E-state index >= 15 is 0 Å². The van der Waals surface area contributed by atoms with E-state index in [-0.39, 0.29) is 59.4 Å². The predicted molar refractivity (Wildman–Crippen MR) is 125 cm³/mol. The zero-order chi connectivity index (χ0) is 24.3. The van der Waals surface area contributed by atoms with Gasteiger partial charge in [-0.25, -0.2) is 0 Å². The standard InChI is InChI=1S/C27H46O6/c1-15(5-6-22(32)25(2,3)33)19-13-21(31)24-23-18(8-10-27(19,24)14-28)26(4)9-7-17(29)11-16(26)12-20(23)30/h15-19,21-24,28-29,31-33H,5-14H2,1-4H3/t15-,16-,17+,18+,19-,21-,22-,23+,24+,26+,27+/m1/s1. The minimum absolute atomic E-state index is 0.0136. The summed E-state index contributed by atoms with van der Waals surface area (Å²) in [6.45, 7) is 7.64. The van der Waals surface area contributed by atoms with Gasteiger partial charge in [0.25, 0.3) is 0 Å². The van der Waals surface area contributed by atoms with Gasteiger partial charge in [0.2, 0.25) is 0 Å². The predicted octanol–water partition coefficient (Wildman–Crippen LogP) is 2.68. The number of Topliss-reactive ketones (excluding diaryl/α,β-unsaturated/α-hetero) is 1. The van der Waals surface area contributed by atoms with Gasteiger partial charge in [-0.05, 0) is 94.3 Å². The lowest BCUT2D eigenvalue weighted by atomic mass is 9.43. The van der Waals surface area contributed by atoms with E-state index in [4.69, 9.17) is 0 Å². The quantitative estimate of drug-likeness (QED) is 0.411. The molecule has 190 valence electrons. The zero-order valence-electron chi connectivity index (χ0n) is 20.9. The van der Waals surface area contributed by atoms with Gasteiger partial charge in [-0.15, -0.1) is 0 Å². The van der Waals surface area contributed by atoms with Crippen molar-refractivity contribution >= 4 is 5.78 Å². The van der Waals surface area contributed by atoms with Crippen LogP contribution in [0.5, 0.6) is 0 Å². The molecule has 0 saturated heterocycles. The number of aliphatic hydroxyl groups is 5. The van der Waals surface area contributed by atoms with E-state index in [1.807, 2.05) is 0 Å². The van der Waals surface area contributed by atoms with Gasteiger partial charge in [-0.2, -0.15) is 0 Å². The van der Waals surface area contributed by atoms with Gasteiger partial charge in [0.1, 0.15) is 5.78 Å². The maximum absolute atomic E-state index is 13.5. The van der Waals surface area contributed by atoms with Gasteiger partial charge in [0.15, 0.2) is 0 Å². The highest BCUT2D eigenvalue weighted by Gasteiger charge is 2.66. The fraction of sp³-hybridized carbons (Fsp3) is 0.963. The lowest BCUT2D eigenvalue weighted by molar-refractivity contribution is -0.172. The minimum Gasteiger partial charge on any atom is -0.396 e. The van der Waals surface area contributed by atoms with Crippen LogP contribution in [0.15, 0.2) is 0 Å². The van der Waals surface area contributed by atoms with Crippen molar-refractivity contribution in [2.24, 2.45) is 46.3 Å². The Kier molecular flexibility index (Phi) is 6.85. The Bertz CT molecular complexity index is 733. The maximum Gasteiger partial charge on any atom is 0.136 e. The van der Waals surface area contributed by atoms with Crippen LogP contribution in [0.2, 0.25) is 0 Å². The van der Waals surface area contributed by atoms with Gasteiger partial charge < -0.3 is 25.5 Å². The molecule has 4 saturated carbocycles. The van der Waals surface area contributed by atoms with E-state index in [0.717, 1.165) is 25.7 Å². The van der Waals surface area contributed by atoms with Crippen LogP contribution >= 0.6 is 0 Å².